The van der Waals surface area contributed by atoms with E-state index in [2.05, 4.69) is 10.3 Å². The van der Waals surface area contributed by atoms with E-state index < -0.39 is 5.97 Å². The van der Waals surface area contributed by atoms with Crippen molar-refractivity contribution in [3.63, 3.8) is 0 Å². The SMILES string of the molecule is CCNc1c(C(=O)OCC)cnc2c(I)cc(F)cc12. The topological polar surface area (TPSA) is 51.2 Å². The van der Waals surface area contributed by atoms with Crippen LogP contribution in [0.15, 0.2) is 18.3 Å². The minimum absolute atomic E-state index is 0.281. The average Bonchev–Trinajstić information content (AvgIpc) is 2.39. The maximum absolute atomic E-state index is 13.6. The minimum atomic E-state index is -0.461. The van der Waals surface area contributed by atoms with Gasteiger partial charge in [0.1, 0.15) is 11.4 Å². The standard InChI is InChI=1S/C14H14FIN2O2/c1-3-17-12-9-5-8(15)6-11(16)13(9)18-7-10(12)14(19)20-4-2/h5-7H,3-4H2,1-2H3,(H,17,18). The summed E-state index contributed by atoms with van der Waals surface area (Å²) in [5, 5.41) is 3.69. The van der Waals surface area contributed by atoms with Crippen molar-refractivity contribution >= 4 is 45.2 Å². The molecule has 1 aromatic heterocycles. The number of carbonyl (C=O) groups excluding carboxylic acids is 1. The van der Waals surface area contributed by atoms with Crippen molar-refractivity contribution < 1.29 is 13.9 Å². The van der Waals surface area contributed by atoms with Crippen LogP contribution in [0.5, 0.6) is 0 Å². The highest BCUT2D eigenvalue weighted by Gasteiger charge is 2.17. The first-order valence-electron chi connectivity index (χ1n) is 6.27. The van der Waals surface area contributed by atoms with E-state index in [1.54, 1.807) is 6.92 Å². The van der Waals surface area contributed by atoms with Crippen LogP contribution in [0, 0.1) is 9.39 Å². The highest BCUT2D eigenvalue weighted by molar-refractivity contribution is 14.1. The van der Waals surface area contributed by atoms with E-state index in [0.29, 0.717) is 32.3 Å². The Labute approximate surface area is 129 Å². The van der Waals surface area contributed by atoms with Crippen LogP contribution in [0.25, 0.3) is 10.9 Å². The lowest BCUT2D eigenvalue weighted by molar-refractivity contribution is 0.0527. The molecule has 0 aliphatic heterocycles. The summed E-state index contributed by atoms with van der Waals surface area (Å²) in [5.74, 6) is -0.819. The zero-order valence-corrected chi connectivity index (χ0v) is 13.3. The van der Waals surface area contributed by atoms with Crippen LogP contribution in [-0.2, 0) is 4.74 Å². The van der Waals surface area contributed by atoms with Gasteiger partial charge in [-0.1, -0.05) is 0 Å². The van der Waals surface area contributed by atoms with Crippen LogP contribution in [0.1, 0.15) is 24.2 Å². The van der Waals surface area contributed by atoms with E-state index in [1.165, 1.54) is 18.3 Å². The second-order valence-corrected chi connectivity index (χ2v) is 5.24. The molecule has 0 unspecified atom stereocenters. The number of carbonyl (C=O) groups is 1. The first kappa shape index (κ1) is 15.0. The lowest BCUT2D eigenvalue weighted by Gasteiger charge is -2.13. The van der Waals surface area contributed by atoms with Gasteiger partial charge in [0.05, 0.1) is 17.8 Å². The molecule has 106 valence electrons. The van der Waals surface area contributed by atoms with Crippen molar-refractivity contribution in [3.05, 3.63) is 33.3 Å². The highest BCUT2D eigenvalue weighted by Crippen LogP contribution is 2.30. The van der Waals surface area contributed by atoms with E-state index in [-0.39, 0.29) is 12.4 Å². The predicted molar refractivity (Wildman–Crippen MR) is 84.5 cm³/mol. The molecule has 0 atom stereocenters. The molecule has 1 N–H and O–H groups in total. The van der Waals surface area contributed by atoms with Crippen molar-refractivity contribution in [1.29, 1.82) is 0 Å². The third-order valence-electron chi connectivity index (χ3n) is 2.74. The smallest absolute Gasteiger partial charge is 0.341 e. The number of benzene rings is 1. The van der Waals surface area contributed by atoms with Crippen molar-refractivity contribution in [1.82, 2.24) is 4.98 Å². The molecule has 0 bridgehead atoms. The van der Waals surface area contributed by atoms with Gasteiger partial charge in [-0.25, -0.2) is 9.18 Å². The summed E-state index contributed by atoms with van der Waals surface area (Å²) in [4.78, 5) is 16.2. The number of esters is 1. The van der Waals surface area contributed by atoms with Gasteiger partial charge in [0.15, 0.2) is 0 Å². The molecule has 0 saturated carbocycles. The third-order valence-corrected chi connectivity index (χ3v) is 3.56. The van der Waals surface area contributed by atoms with Crippen LogP contribution in [0.4, 0.5) is 10.1 Å². The fourth-order valence-electron chi connectivity index (χ4n) is 1.96. The summed E-state index contributed by atoms with van der Waals surface area (Å²) in [7, 11) is 0. The second kappa shape index (κ2) is 6.34. The van der Waals surface area contributed by atoms with E-state index in [4.69, 9.17) is 4.74 Å². The van der Waals surface area contributed by atoms with E-state index in [1.807, 2.05) is 29.5 Å². The van der Waals surface area contributed by atoms with Gasteiger partial charge in [-0.05, 0) is 48.6 Å². The number of fused-ring (bicyclic) bond motifs is 1. The van der Waals surface area contributed by atoms with E-state index in [9.17, 15) is 9.18 Å². The molecule has 0 aliphatic rings. The van der Waals surface area contributed by atoms with Gasteiger partial charge in [-0.15, -0.1) is 0 Å². The number of pyridine rings is 1. The highest BCUT2D eigenvalue weighted by atomic mass is 127. The third kappa shape index (κ3) is 2.84. The maximum atomic E-state index is 13.6. The first-order valence-corrected chi connectivity index (χ1v) is 7.35. The van der Waals surface area contributed by atoms with Crippen LogP contribution >= 0.6 is 22.6 Å². The van der Waals surface area contributed by atoms with Gasteiger partial charge in [0.25, 0.3) is 0 Å². The molecular weight excluding hydrogens is 374 g/mol. The molecule has 4 nitrogen and oxygen atoms in total. The van der Waals surface area contributed by atoms with Crippen molar-refractivity contribution in [2.75, 3.05) is 18.5 Å². The number of anilines is 1. The predicted octanol–water partition coefficient (Wildman–Crippen LogP) is 3.59. The van der Waals surface area contributed by atoms with Crippen LogP contribution < -0.4 is 5.32 Å². The number of halogens is 2. The molecule has 1 aromatic carbocycles. The molecule has 1 heterocycles. The zero-order valence-electron chi connectivity index (χ0n) is 11.2. The molecule has 2 rings (SSSR count). The lowest BCUT2D eigenvalue weighted by atomic mass is 10.1. The molecule has 0 radical (unpaired) electrons. The molecule has 0 saturated heterocycles. The molecule has 2 aromatic rings. The lowest BCUT2D eigenvalue weighted by Crippen LogP contribution is -2.11. The molecule has 20 heavy (non-hydrogen) atoms. The number of hydrogen-bond donors (Lipinski definition) is 1. The Balaban J connectivity index is 2.71. The average molecular weight is 388 g/mol. The Morgan fingerprint density at radius 2 is 2.20 bits per heavy atom. The summed E-state index contributed by atoms with van der Waals surface area (Å²) in [5.41, 5.74) is 1.55. The number of ether oxygens (including phenoxy) is 1. The second-order valence-electron chi connectivity index (χ2n) is 4.08. The van der Waals surface area contributed by atoms with Gasteiger partial charge in [-0.2, -0.15) is 0 Å². The Bertz CT molecular complexity index is 661. The van der Waals surface area contributed by atoms with Gasteiger partial charge in [0.2, 0.25) is 0 Å². The van der Waals surface area contributed by atoms with Gasteiger partial charge < -0.3 is 10.1 Å². The summed E-state index contributed by atoms with van der Waals surface area (Å²) >= 11 is 2.03. The number of aromatic nitrogens is 1. The van der Waals surface area contributed by atoms with E-state index >= 15 is 0 Å². The van der Waals surface area contributed by atoms with Crippen LogP contribution in [0.3, 0.4) is 0 Å². The Morgan fingerprint density at radius 3 is 2.85 bits per heavy atom. The summed E-state index contributed by atoms with van der Waals surface area (Å²) < 4.78 is 19.3. The largest absolute Gasteiger partial charge is 0.462 e. The quantitative estimate of drug-likeness (QED) is 0.643. The summed E-state index contributed by atoms with van der Waals surface area (Å²) in [6.45, 7) is 4.54. The molecule has 0 amide bonds. The number of nitrogens with zero attached hydrogens (tertiary/aromatic N) is 1. The number of hydrogen-bond acceptors (Lipinski definition) is 4. The van der Waals surface area contributed by atoms with Gasteiger partial charge >= 0.3 is 5.97 Å². The fraction of sp³-hybridized carbons (Fsp3) is 0.286. The molecule has 0 spiro atoms. The normalized spacial score (nSPS) is 10.6. The van der Waals surface area contributed by atoms with Crippen molar-refractivity contribution in [3.8, 4) is 0 Å². The van der Waals surface area contributed by atoms with Crippen molar-refractivity contribution in [2.24, 2.45) is 0 Å². The summed E-state index contributed by atoms with van der Waals surface area (Å²) in [6.07, 6.45) is 1.47. The Kier molecular flexibility index (Phi) is 4.74. The van der Waals surface area contributed by atoms with Crippen LogP contribution in [0.2, 0.25) is 0 Å². The molecule has 6 heteroatoms. The molecular formula is C14H14FIN2O2. The van der Waals surface area contributed by atoms with Gasteiger partial charge in [-0.3, -0.25) is 4.98 Å². The van der Waals surface area contributed by atoms with E-state index in [0.717, 1.165) is 0 Å². The molecule has 0 fully saturated rings. The molecule has 0 aliphatic carbocycles. The minimum Gasteiger partial charge on any atom is -0.462 e. The van der Waals surface area contributed by atoms with Gasteiger partial charge in [0, 0.05) is 21.7 Å². The Morgan fingerprint density at radius 1 is 1.45 bits per heavy atom. The Hall–Kier alpha value is -1.44. The summed E-state index contributed by atoms with van der Waals surface area (Å²) in [6, 6.07) is 2.79. The number of nitrogens with one attached hydrogen (secondary N) is 1. The van der Waals surface area contributed by atoms with Crippen molar-refractivity contribution in [2.45, 2.75) is 13.8 Å². The first-order chi connectivity index (χ1) is 9.58. The fourth-order valence-corrected chi connectivity index (χ4v) is 2.68. The van der Waals surface area contributed by atoms with Crippen LogP contribution in [-0.4, -0.2) is 24.1 Å². The maximum Gasteiger partial charge on any atom is 0.341 e. The monoisotopic (exact) mass is 388 g/mol. The number of rotatable bonds is 4. The zero-order chi connectivity index (χ0) is 14.7.